The minimum atomic E-state index is -0.995. The summed E-state index contributed by atoms with van der Waals surface area (Å²) in [5.41, 5.74) is 1.17. The van der Waals surface area contributed by atoms with Crippen LogP contribution in [0.3, 0.4) is 0 Å². The quantitative estimate of drug-likeness (QED) is 0.697. The Bertz CT molecular complexity index is 402. The van der Waals surface area contributed by atoms with Crippen molar-refractivity contribution in [3.63, 3.8) is 0 Å². The molecule has 3 heteroatoms. The number of halogens is 1. The van der Waals surface area contributed by atoms with Gasteiger partial charge in [-0.15, -0.1) is 6.42 Å². The summed E-state index contributed by atoms with van der Waals surface area (Å²) in [6.07, 6.45) is 5.19. The van der Waals surface area contributed by atoms with Crippen molar-refractivity contribution in [2.75, 3.05) is 0 Å². The zero-order chi connectivity index (χ0) is 10.0. The third kappa shape index (κ3) is 1.66. The van der Waals surface area contributed by atoms with Gasteiger partial charge in [0.2, 0.25) is 0 Å². The molecule has 0 aromatic heterocycles. The lowest BCUT2D eigenvalue weighted by Crippen LogP contribution is -2.01. The Balaban J connectivity index is 3.47. The molecule has 0 radical (unpaired) electrons. The van der Waals surface area contributed by atoms with Gasteiger partial charge in [-0.3, -0.25) is 0 Å². The number of aromatic carboxylic acids is 1. The monoisotopic (exact) mass is 194 g/mol. The zero-order valence-electron chi connectivity index (χ0n) is 6.97. The first-order valence-corrected chi connectivity index (χ1v) is 3.94. The molecule has 0 aliphatic carbocycles. The average molecular weight is 195 g/mol. The van der Waals surface area contributed by atoms with Crippen molar-refractivity contribution >= 4 is 17.6 Å². The van der Waals surface area contributed by atoms with Gasteiger partial charge >= 0.3 is 5.97 Å². The molecule has 0 atom stereocenters. The fourth-order valence-corrected chi connectivity index (χ4v) is 1.35. The van der Waals surface area contributed by atoms with Gasteiger partial charge in [0.05, 0.1) is 10.6 Å². The van der Waals surface area contributed by atoms with E-state index in [9.17, 15) is 4.79 Å². The van der Waals surface area contributed by atoms with Crippen LogP contribution >= 0.6 is 11.6 Å². The molecule has 0 amide bonds. The smallest absolute Gasteiger partial charge is 0.335 e. The minimum absolute atomic E-state index is 0.192. The maximum absolute atomic E-state index is 10.7. The van der Waals surface area contributed by atoms with Gasteiger partial charge in [-0.05, 0) is 24.6 Å². The van der Waals surface area contributed by atoms with E-state index in [1.54, 1.807) is 6.92 Å². The molecule has 0 fully saturated rings. The van der Waals surface area contributed by atoms with Crippen LogP contribution in [0.15, 0.2) is 12.1 Å². The maximum atomic E-state index is 10.7. The Morgan fingerprint density at radius 2 is 2.23 bits per heavy atom. The number of terminal acetylenes is 1. The van der Waals surface area contributed by atoms with Gasteiger partial charge in [-0.25, -0.2) is 4.79 Å². The predicted molar refractivity (Wildman–Crippen MR) is 51.1 cm³/mol. The Morgan fingerprint density at radius 3 is 2.69 bits per heavy atom. The lowest BCUT2D eigenvalue weighted by molar-refractivity contribution is 0.0696. The topological polar surface area (TPSA) is 37.3 Å². The van der Waals surface area contributed by atoms with Crippen LogP contribution in [0.4, 0.5) is 0 Å². The predicted octanol–water partition coefficient (Wildman–Crippen LogP) is 2.33. The molecule has 66 valence electrons. The fraction of sp³-hybridized carbons (Fsp3) is 0.100. The van der Waals surface area contributed by atoms with Gasteiger partial charge in [-0.2, -0.15) is 0 Å². The molecule has 0 saturated carbocycles. The summed E-state index contributed by atoms with van der Waals surface area (Å²) in [5, 5.41) is 9.17. The molecule has 0 heterocycles. The number of rotatable bonds is 1. The van der Waals surface area contributed by atoms with Crippen molar-refractivity contribution in [3.05, 3.63) is 33.8 Å². The van der Waals surface area contributed by atoms with Gasteiger partial charge in [0.25, 0.3) is 0 Å². The van der Waals surface area contributed by atoms with Crippen LogP contribution in [0.1, 0.15) is 21.5 Å². The van der Waals surface area contributed by atoms with Crippen LogP contribution < -0.4 is 0 Å². The van der Waals surface area contributed by atoms with Gasteiger partial charge in [0.15, 0.2) is 0 Å². The van der Waals surface area contributed by atoms with Crippen LogP contribution in [-0.4, -0.2) is 11.1 Å². The second kappa shape index (κ2) is 3.51. The van der Waals surface area contributed by atoms with Gasteiger partial charge in [0, 0.05) is 5.56 Å². The molecular formula is C10H7ClO2. The Kier molecular flexibility index (Phi) is 2.60. The van der Waals surface area contributed by atoms with E-state index in [1.807, 2.05) is 0 Å². The number of carboxylic acids is 1. The minimum Gasteiger partial charge on any atom is -0.478 e. The normalized spacial score (nSPS) is 9.31. The molecule has 1 rings (SSSR count). The summed E-state index contributed by atoms with van der Waals surface area (Å²) in [5.74, 6) is 1.37. The fourth-order valence-electron chi connectivity index (χ4n) is 1.09. The van der Waals surface area contributed by atoms with Crippen LogP contribution in [0.5, 0.6) is 0 Å². The van der Waals surface area contributed by atoms with E-state index in [-0.39, 0.29) is 5.56 Å². The first-order valence-electron chi connectivity index (χ1n) is 3.57. The average Bonchev–Trinajstić information content (AvgIpc) is 2.04. The number of carboxylic acid groups (broad SMARTS) is 1. The first kappa shape index (κ1) is 9.63. The second-order valence-corrected chi connectivity index (χ2v) is 2.95. The summed E-state index contributed by atoms with van der Waals surface area (Å²) < 4.78 is 0. The summed E-state index contributed by atoms with van der Waals surface area (Å²) in [6.45, 7) is 1.64. The highest BCUT2D eigenvalue weighted by Gasteiger charge is 2.11. The molecule has 1 aromatic rings. The summed E-state index contributed by atoms with van der Waals surface area (Å²) in [7, 11) is 0. The van der Waals surface area contributed by atoms with Crippen molar-refractivity contribution in [3.8, 4) is 12.3 Å². The summed E-state index contributed by atoms with van der Waals surface area (Å²) >= 11 is 5.77. The molecular weight excluding hydrogens is 188 g/mol. The third-order valence-electron chi connectivity index (χ3n) is 1.79. The van der Waals surface area contributed by atoms with Crippen molar-refractivity contribution in [2.24, 2.45) is 0 Å². The summed E-state index contributed by atoms with van der Waals surface area (Å²) in [4.78, 5) is 10.7. The maximum Gasteiger partial charge on any atom is 0.335 e. The van der Waals surface area contributed by atoms with E-state index in [4.69, 9.17) is 23.1 Å². The molecule has 1 N–H and O–H groups in total. The van der Waals surface area contributed by atoms with E-state index in [0.717, 1.165) is 0 Å². The molecule has 2 nitrogen and oxygen atoms in total. The van der Waals surface area contributed by atoms with Gasteiger partial charge in [-0.1, -0.05) is 17.5 Å². The zero-order valence-corrected chi connectivity index (χ0v) is 7.72. The molecule has 1 aromatic carbocycles. The van der Waals surface area contributed by atoms with E-state index >= 15 is 0 Å². The molecule has 0 spiro atoms. The van der Waals surface area contributed by atoms with Crippen molar-refractivity contribution in [1.29, 1.82) is 0 Å². The molecule has 0 aliphatic heterocycles. The van der Waals surface area contributed by atoms with Gasteiger partial charge in [0.1, 0.15) is 0 Å². The standard InChI is InChI=1S/C10H7ClO2/c1-3-7-6(2)8(10(12)13)4-5-9(7)11/h1,4-5H,2H3,(H,12,13). The third-order valence-corrected chi connectivity index (χ3v) is 2.10. The van der Waals surface area contributed by atoms with Crippen LogP contribution in [0.2, 0.25) is 5.02 Å². The highest BCUT2D eigenvalue weighted by Crippen LogP contribution is 2.21. The van der Waals surface area contributed by atoms with E-state index in [0.29, 0.717) is 16.1 Å². The summed E-state index contributed by atoms with van der Waals surface area (Å²) in [6, 6.07) is 2.94. The van der Waals surface area contributed by atoms with E-state index < -0.39 is 5.97 Å². The van der Waals surface area contributed by atoms with Crippen LogP contribution in [0.25, 0.3) is 0 Å². The van der Waals surface area contributed by atoms with Crippen molar-refractivity contribution in [1.82, 2.24) is 0 Å². The van der Waals surface area contributed by atoms with E-state index in [2.05, 4.69) is 5.92 Å². The Morgan fingerprint density at radius 1 is 1.62 bits per heavy atom. The largest absolute Gasteiger partial charge is 0.478 e. The van der Waals surface area contributed by atoms with Crippen LogP contribution in [-0.2, 0) is 0 Å². The number of hydrogen-bond donors (Lipinski definition) is 1. The van der Waals surface area contributed by atoms with Crippen molar-refractivity contribution < 1.29 is 9.90 Å². The Labute approximate surface area is 81.1 Å². The Hall–Kier alpha value is -1.46. The van der Waals surface area contributed by atoms with Gasteiger partial charge < -0.3 is 5.11 Å². The lowest BCUT2D eigenvalue weighted by atomic mass is 10.0. The second-order valence-electron chi connectivity index (χ2n) is 2.54. The molecule has 0 aliphatic rings. The number of benzene rings is 1. The van der Waals surface area contributed by atoms with E-state index in [1.165, 1.54) is 12.1 Å². The van der Waals surface area contributed by atoms with Crippen LogP contribution in [0, 0.1) is 19.3 Å². The number of carbonyl (C=O) groups is 1. The number of hydrogen-bond acceptors (Lipinski definition) is 1. The highest BCUT2D eigenvalue weighted by atomic mass is 35.5. The molecule has 0 saturated heterocycles. The molecule has 13 heavy (non-hydrogen) atoms. The highest BCUT2D eigenvalue weighted by molar-refractivity contribution is 6.32. The molecule has 0 bridgehead atoms. The molecule has 0 unspecified atom stereocenters. The lowest BCUT2D eigenvalue weighted by Gasteiger charge is -2.04. The van der Waals surface area contributed by atoms with Crippen molar-refractivity contribution in [2.45, 2.75) is 6.92 Å². The first-order chi connectivity index (χ1) is 6.07. The SMILES string of the molecule is C#Cc1c(Cl)ccc(C(=O)O)c1C.